The van der Waals surface area contributed by atoms with Gasteiger partial charge in [-0.05, 0) is 17.8 Å². The zero-order chi connectivity index (χ0) is 10.1. The molecule has 2 nitrogen and oxygen atoms in total. The van der Waals surface area contributed by atoms with Gasteiger partial charge in [0, 0.05) is 0 Å². The number of nitrogens with one attached hydrogen (secondary N) is 1. The highest BCUT2D eigenvalue weighted by molar-refractivity contribution is 14.1. The van der Waals surface area contributed by atoms with Crippen molar-refractivity contribution in [2.75, 3.05) is 0 Å². The van der Waals surface area contributed by atoms with Gasteiger partial charge in [-0.3, -0.25) is 8.32 Å². The zero-order valence-corrected chi connectivity index (χ0v) is 10.5. The van der Waals surface area contributed by atoms with E-state index < -0.39 is 0 Å². The van der Waals surface area contributed by atoms with Crippen LogP contribution in [0.25, 0.3) is 0 Å². The molecule has 13 heavy (non-hydrogen) atoms. The molecule has 0 bridgehead atoms. The van der Waals surface area contributed by atoms with Crippen molar-refractivity contribution in [3.05, 3.63) is 12.2 Å². The van der Waals surface area contributed by atoms with Crippen LogP contribution in [0.5, 0.6) is 0 Å². The number of carbonyl (C=O) groups is 1. The van der Waals surface area contributed by atoms with E-state index in [1.165, 1.54) is 0 Å². The summed E-state index contributed by atoms with van der Waals surface area (Å²) in [4.78, 5) is 11.6. The van der Waals surface area contributed by atoms with E-state index in [4.69, 9.17) is 0 Å². The minimum Gasteiger partial charge on any atom is -0.299 e. The first-order valence-electron chi connectivity index (χ1n) is 4.56. The Morgan fingerprint density at radius 1 is 1.62 bits per heavy atom. The van der Waals surface area contributed by atoms with Gasteiger partial charge < -0.3 is 0 Å². The fourth-order valence-electron chi connectivity index (χ4n) is 2.19. The van der Waals surface area contributed by atoms with E-state index in [-0.39, 0.29) is 17.2 Å². The Labute approximate surface area is 93.7 Å². The van der Waals surface area contributed by atoms with Crippen molar-refractivity contribution in [3.63, 3.8) is 0 Å². The molecule has 0 radical (unpaired) electrons. The van der Waals surface area contributed by atoms with Gasteiger partial charge >= 0.3 is 0 Å². The number of rotatable bonds is 1. The highest BCUT2D eigenvalue weighted by Gasteiger charge is 2.39. The quantitative estimate of drug-likeness (QED) is 0.449. The molecular formula is C10H16INO. The predicted molar refractivity (Wildman–Crippen MR) is 62.4 cm³/mol. The van der Waals surface area contributed by atoms with Gasteiger partial charge in [0.1, 0.15) is 0 Å². The smallest absolute Gasteiger partial charge is 0.232 e. The number of amides is 1. The molecule has 0 fully saturated rings. The fraction of sp³-hybridized carbons (Fsp3) is 0.700. The molecular weight excluding hydrogens is 277 g/mol. The summed E-state index contributed by atoms with van der Waals surface area (Å²) in [6.45, 7) is 6.42. The second kappa shape index (κ2) is 3.98. The van der Waals surface area contributed by atoms with E-state index in [9.17, 15) is 4.79 Å². The number of halogens is 1. The average molecular weight is 293 g/mol. The van der Waals surface area contributed by atoms with Crippen LogP contribution >= 0.6 is 22.9 Å². The van der Waals surface area contributed by atoms with Crippen molar-refractivity contribution < 1.29 is 4.79 Å². The zero-order valence-electron chi connectivity index (χ0n) is 8.30. The molecule has 0 aromatic rings. The number of hydrogen-bond donors (Lipinski definition) is 1. The van der Waals surface area contributed by atoms with Crippen LogP contribution in [0.2, 0.25) is 0 Å². The van der Waals surface area contributed by atoms with E-state index in [0.717, 1.165) is 6.42 Å². The van der Waals surface area contributed by atoms with Crippen LogP contribution in [0.4, 0.5) is 0 Å². The Bertz CT molecular complexity index is 235. The van der Waals surface area contributed by atoms with Crippen LogP contribution in [0.15, 0.2) is 12.2 Å². The lowest BCUT2D eigenvalue weighted by atomic mass is 9.67. The molecule has 0 heterocycles. The van der Waals surface area contributed by atoms with Gasteiger partial charge in [0.25, 0.3) is 0 Å². The lowest BCUT2D eigenvalue weighted by molar-refractivity contribution is -0.127. The first-order valence-corrected chi connectivity index (χ1v) is 5.64. The minimum atomic E-state index is 0.0867. The van der Waals surface area contributed by atoms with Gasteiger partial charge in [-0.1, -0.05) is 32.9 Å². The molecule has 0 aliphatic heterocycles. The van der Waals surface area contributed by atoms with Crippen molar-refractivity contribution >= 4 is 28.8 Å². The summed E-state index contributed by atoms with van der Waals surface area (Å²) < 4.78 is 2.72. The Morgan fingerprint density at radius 3 is 2.69 bits per heavy atom. The molecule has 0 aromatic carbocycles. The monoisotopic (exact) mass is 293 g/mol. The van der Waals surface area contributed by atoms with E-state index in [1.807, 2.05) is 22.9 Å². The van der Waals surface area contributed by atoms with Crippen molar-refractivity contribution in [3.8, 4) is 0 Å². The van der Waals surface area contributed by atoms with Gasteiger partial charge in [0.15, 0.2) is 0 Å². The summed E-state index contributed by atoms with van der Waals surface area (Å²) in [6, 6.07) is 0. The van der Waals surface area contributed by atoms with Gasteiger partial charge in [0.2, 0.25) is 5.91 Å². The van der Waals surface area contributed by atoms with Gasteiger partial charge in [0.05, 0.1) is 28.8 Å². The Kier molecular flexibility index (Phi) is 3.38. The molecule has 1 aliphatic rings. The minimum absolute atomic E-state index is 0.0867. The standard InChI is InChI=1S/C10H16INO/c1-7-5-4-6-10(2,3)8(7)9(13)12-11/h4-5,7-8H,6H2,1-3H3,(H,12,13). The summed E-state index contributed by atoms with van der Waals surface area (Å²) in [6.07, 6.45) is 5.31. The molecule has 3 heteroatoms. The predicted octanol–water partition coefficient (Wildman–Crippen LogP) is 2.69. The molecule has 74 valence electrons. The van der Waals surface area contributed by atoms with E-state index >= 15 is 0 Å². The van der Waals surface area contributed by atoms with Crippen LogP contribution in [-0.2, 0) is 4.79 Å². The second-order valence-electron chi connectivity index (χ2n) is 4.42. The van der Waals surface area contributed by atoms with Crippen LogP contribution in [0, 0.1) is 17.3 Å². The third-order valence-electron chi connectivity index (χ3n) is 2.83. The number of hydrogen-bond acceptors (Lipinski definition) is 1. The Balaban J connectivity index is 2.90. The largest absolute Gasteiger partial charge is 0.299 e. The molecule has 2 unspecified atom stereocenters. The van der Waals surface area contributed by atoms with Crippen molar-refractivity contribution in [2.45, 2.75) is 27.2 Å². The molecule has 2 atom stereocenters. The molecule has 0 spiro atoms. The Hall–Kier alpha value is -0.0600. The normalized spacial score (nSPS) is 31.4. The first-order chi connectivity index (χ1) is 5.99. The Morgan fingerprint density at radius 2 is 2.23 bits per heavy atom. The molecule has 0 saturated carbocycles. The van der Waals surface area contributed by atoms with Crippen LogP contribution in [0.1, 0.15) is 27.2 Å². The maximum atomic E-state index is 11.6. The number of carbonyl (C=O) groups excluding carboxylic acids is 1. The van der Waals surface area contributed by atoms with E-state index in [0.29, 0.717) is 5.92 Å². The molecule has 1 amide bonds. The van der Waals surface area contributed by atoms with E-state index in [2.05, 4.69) is 36.5 Å². The third-order valence-corrected chi connectivity index (χ3v) is 3.36. The third kappa shape index (κ3) is 2.24. The van der Waals surface area contributed by atoms with Crippen molar-refractivity contribution in [1.29, 1.82) is 0 Å². The summed E-state index contributed by atoms with van der Waals surface area (Å²) >= 11 is 1.92. The summed E-state index contributed by atoms with van der Waals surface area (Å²) in [5, 5.41) is 0. The highest BCUT2D eigenvalue weighted by Crippen LogP contribution is 2.40. The maximum Gasteiger partial charge on any atom is 0.232 e. The maximum absolute atomic E-state index is 11.6. The molecule has 1 N–H and O–H groups in total. The van der Waals surface area contributed by atoms with Crippen molar-refractivity contribution in [1.82, 2.24) is 3.53 Å². The van der Waals surface area contributed by atoms with Crippen molar-refractivity contribution in [2.24, 2.45) is 17.3 Å². The first kappa shape index (κ1) is 11.0. The van der Waals surface area contributed by atoms with Gasteiger partial charge in [-0.2, -0.15) is 0 Å². The molecule has 0 saturated heterocycles. The van der Waals surface area contributed by atoms with Gasteiger partial charge in [-0.25, -0.2) is 0 Å². The summed E-state index contributed by atoms with van der Waals surface area (Å²) in [5.41, 5.74) is 0.0867. The number of allylic oxidation sites excluding steroid dienone is 2. The van der Waals surface area contributed by atoms with E-state index in [1.54, 1.807) is 0 Å². The average Bonchev–Trinajstić information content (AvgIpc) is 2.02. The summed E-state index contributed by atoms with van der Waals surface area (Å²) in [7, 11) is 0. The lowest BCUT2D eigenvalue weighted by Gasteiger charge is -2.38. The fourth-order valence-corrected chi connectivity index (χ4v) is 2.52. The van der Waals surface area contributed by atoms with Gasteiger partial charge in [-0.15, -0.1) is 0 Å². The SMILES string of the molecule is CC1C=CCC(C)(C)C1C(=O)NI. The lowest BCUT2D eigenvalue weighted by Crippen LogP contribution is -2.40. The van der Waals surface area contributed by atoms with Crippen LogP contribution < -0.4 is 3.53 Å². The van der Waals surface area contributed by atoms with Crippen LogP contribution in [0.3, 0.4) is 0 Å². The topological polar surface area (TPSA) is 29.1 Å². The highest BCUT2D eigenvalue weighted by atomic mass is 127. The second-order valence-corrected chi connectivity index (χ2v) is 4.96. The molecule has 1 aliphatic carbocycles. The summed E-state index contributed by atoms with van der Waals surface area (Å²) in [5.74, 6) is 0.607. The molecule has 0 aromatic heterocycles. The molecule has 1 rings (SSSR count). The van der Waals surface area contributed by atoms with Crippen LogP contribution in [-0.4, -0.2) is 5.91 Å².